The van der Waals surface area contributed by atoms with E-state index in [0.717, 1.165) is 17.3 Å². The Labute approximate surface area is 155 Å². The van der Waals surface area contributed by atoms with Crippen molar-refractivity contribution in [1.82, 2.24) is 4.90 Å². The van der Waals surface area contributed by atoms with Gasteiger partial charge in [-0.3, -0.25) is 0 Å². The number of nitrogens with one attached hydrogen (secondary N) is 1. The molecule has 0 fully saturated rings. The fraction of sp³-hybridized carbons (Fsp3) is 0.714. The molecule has 2 nitrogen and oxygen atoms in total. The number of para-hydroxylation sites is 1. The maximum Gasteiger partial charge on any atom is 0.0637 e. The molecule has 0 aliphatic carbocycles. The van der Waals surface area contributed by atoms with Crippen LogP contribution in [-0.2, 0) is 0 Å². The highest BCUT2D eigenvalue weighted by molar-refractivity contribution is 6.33. The van der Waals surface area contributed by atoms with E-state index in [1.807, 2.05) is 18.2 Å². The molecule has 1 rings (SSSR count). The molecule has 0 aromatic heterocycles. The molecule has 0 radical (unpaired) electrons. The van der Waals surface area contributed by atoms with Crippen LogP contribution < -0.4 is 5.32 Å². The van der Waals surface area contributed by atoms with Gasteiger partial charge in [0.2, 0.25) is 0 Å². The summed E-state index contributed by atoms with van der Waals surface area (Å²) < 4.78 is 0. The third kappa shape index (κ3) is 10.2. The summed E-state index contributed by atoms with van der Waals surface area (Å²) in [5.41, 5.74) is 1.05. The molecule has 1 aromatic rings. The van der Waals surface area contributed by atoms with E-state index < -0.39 is 0 Å². The largest absolute Gasteiger partial charge is 0.384 e. The number of anilines is 1. The lowest BCUT2D eigenvalue weighted by atomic mass is 10.1. The summed E-state index contributed by atoms with van der Waals surface area (Å²) in [7, 11) is 0. The van der Waals surface area contributed by atoms with Gasteiger partial charge in [-0.25, -0.2) is 0 Å². The lowest BCUT2D eigenvalue weighted by Crippen LogP contribution is -2.28. The van der Waals surface area contributed by atoms with E-state index in [2.05, 4.69) is 30.1 Å². The van der Waals surface area contributed by atoms with E-state index in [9.17, 15) is 0 Å². The van der Waals surface area contributed by atoms with Gasteiger partial charge in [-0.15, -0.1) is 0 Å². The molecule has 0 spiro atoms. The SMILES string of the molecule is CCCCCCN(CCCCCC)CCCNc1ccccc1Cl. The Morgan fingerprint density at radius 2 is 1.38 bits per heavy atom. The zero-order valence-corrected chi connectivity index (χ0v) is 16.6. The molecule has 1 aromatic carbocycles. The number of hydrogen-bond donors (Lipinski definition) is 1. The Hall–Kier alpha value is -0.730. The molecule has 0 aliphatic rings. The molecular weight excluding hydrogens is 316 g/mol. The first-order chi connectivity index (χ1) is 11.8. The van der Waals surface area contributed by atoms with Crippen LogP contribution in [0.3, 0.4) is 0 Å². The first kappa shape index (κ1) is 21.3. The molecule has 3 heteroatoms. The third-order valence-electron chi connectivity index (χ3n) is 4.50. The van der Waals surface area contributed by atoms with Crippen LogP contribution in [0.15, 0.2) is 24.3 Å². The van der Waals surface area contributed by atoms with Crippen LogP contribution >= 0.6 is 11.6 Å². The summed E-state index contributed by atoms with van der Waals surface area (Å²) in [6, 6.07) is 8.00. The molecule has 24 heavy (non-hydrogen) atoms. The number of nitrogens with zero attached hydrogens (tertiary/aromatic N) is 1. The second-order valence-electron chi connectivity index (χ2n) is 6.72. The Morgan fingerprint density at radius 3 is 1.96 bits per heavy atom. The highest BCUT2D eigenvalue weighted by Gasteiger charge is 2.05. The van der Waals surface area contributed by atoms with E-state index in [-0.39, 0.29) is 0 Å². The first-order valence-corrected chi connectivity index (χ1v) is 10.4. The molecule has 0 aliphatic heterocycles. The summed E-state index contributed by atoms with van der Waals surface area (Å²) in [4.78, 5) is 2.67. The zero-order valence-electron chi connectivity index (χ0n) is 15.8. The quantitative estimate of drug-likeness (QED) is 0.357. The first-order valence-electron chi connectivity index (χ1n) is 9.98. The van der Waals surface area contributed by atoms with E-state index in [4.69, 9.17) is 11.6 Å². The Morgan fingerprint density at radius 1 is 0.792 bits per heavy atom. The molecule has 0 unspecified atom stereocenters. The van der Waals surface area contributed by atoms with Gasteiger partial charge >= 0.3 is 0 Å². The predicted octanol–water partition coefficient (Wildman–Crippen LogP) is 6.60. The molecular formula is C21H37ClN2. The number of hydrogen-bond acceptors (Lipinski definition) is 2. The van der Waals surface area contributed by atoms with Crippen molar-refractivity contribution in [1.29, 1.82) is 0 Å². The van der Waals surface area contributed by atoms with E-state index in [1.165, 1.54) is 77.4 Å². The fourth-order valence-corrected chi connectivity index (χ4v) is 3.19. The van der Waals surface area contributed by atoms with Gasteiger partial charge in [-0.05, 0) is 51.0 Å². The van der Waals surface area contributed by atoms with E-state index in [1.54, 1.807) is 0 Å². The summed E-state index contributed by atoms with van der Waals surface area (Å²) in [5, 5.41) is 4.28. The summed E-state index contributed by atoms with van der Waals surface area (Å²) in [6.45, 7) is 9.27. The Balaban J connectivity index is 2.24. The van der Waals surface area contributed by atoms with E-state index in [0.29, 0.717) is 0 Å². The van der Waals surface area contributed by atoms with Crippen LogP contribution in [0.25, 0.3) is 0 Å². The van der Waals surface area contributed by atoms with Crippen molar-refractivity contribution in [3.05, 3.63) is 29.3 Å². The molecule has 0 heterocycles. The Bertz CT molecular complexity index is 397. The van der Waals surface area contributed by atoms with Gasteiger partial charge in [0.05, 0.1) is 10.7 Å². The minimum absolute atomic E-state index is 0.813. The summed E-state index contributed by atoms with van der Waals surface area (Å²) >= 11 is 6.19. The maximum absolute atomic E-state index is 6.19. The minimum atomic E-state index is 0.813. The zero-order chi connectivity index (χ0) is 17.5. The molecule has 0 bridgehead atoms. The topological polar surface area (TPSA) is 15.3 Å². The lowest BCUT2D eigenvalue weighted by Gasteiger charge is -2.22. The van der Waals surface area contributed by atoms with Gasteiger partial charge in [0, 0.05) is 6.54 Å². The standard InChI is InChI=1S/C21H37ClN2/c1-3-5-7-11-17-24(18-12-8-6-4-2)19-13-16-23-21-15-10-9-14-20(21)22/h9-10,14-15,23H,3-8,11-13,16-19H2,1-2H3. The van der Waals surface area contributed by atoms with Crippen LogP contribution in [0.4, 0.5) is 5.69 Å². The van der Waals surface area contributed by atoms with Gasteiger partial charge in [-0.1, -0.05) is 76.1 Å². The third-order valence-corrected chi connectivity index (χ3v) is 4.83. The average molecular weight is 353 g/mol. The number of rotatable bonds is 15. The van der Waals surface area contributed by atoms with Crippen molar-refractivity contribution in [3.63, 3.8) is 0 Å². The molecule has 0 atom stereocenters. The van der Waals surface area contributed by atoms with Crippen LogP contribution in [0.1, 0.15) is 71.6 Å². The Kier molecular flexibility index (Phi) is 13.0. The van der Waals surface area contributed by atoms with Crippen molar-refractivity contribution >= 4 is 17.3 Å². The van der Waals surface area contributed by atoms with Crippen LogP contribution in [0.5, 0.6) is 0 Å². The monoisotopic (exact) mass is 352 g/mol. The van der Waals surface area contributed by atoms with Crippen molar-refractivity contribution in [2.45, 2.75) is 71.6 Å². The van der Waals surface area contributed by atoms with Gasteiger partial charge in [-0.2, -0.15) is 0 Å². The summed E-state index contributed by atoms with van der Waals surface area (Å²) in [5.74, 6) is 0. The normalized spacial score (nSPS) is 11.2. The second-order valence-corrected chi connectivity index (χ2v) is 7.13. The van der Waals surface area contributed by atoms with Crippen molar-refractivity contribution in [2.24, 2.45) is 0 Å². The lowest BCUT2D eigenvalue weighted by molar-refractivity contribution is 0.260. The van der Waals surface area contributed by atoms with Gasteiger partial charge < -0.3 is 10.2 Å². The molecule has 0 saturated heterocycles. The van der Waals surface area contributed by atoms with Crippen molar-refractivity contribution in [3.8, 4) is 0 Å². The number of benzene rings is 1. The van der Waals surface area contributed by atoms with E-state index >= 15 is 0 Å². The highest BCUT2D eigenvalue weighted by atomic mass is 35.5. The van der Waals surface area contributed by atoms with Crippen molar-refractivity contribution in [2.75, 3.05) is 31.5 Å². The van der Waals surface area contributed by atoms with Crippen LogP contribution in [0.2, 0.25) is 5.02 Å². The summed E-state index contributed by atoms with van der Waals surface area (Å²) in [6.07, 6.45) is 12.0. The molecule has 138 valence electrons. The van der Waals surface area contributed by atoms with Gasteiger partial charge in [0.25, 0.3) is 0 Å². The number of halogens is 1. The van der Waals surface area contributed by atoms with Crippen LogP contribution in [-0.4, -0.2) is 31.1 Å². The van der Waals surface area contributed by atoms with Gasteiger partial charge in [0.1, 0.15) is 0 Å². The smallest absolute Gasteiger partial charge is 0.0637 e. The predicted molar refractivity (Wildman–Crippen MR) is 109 cm³/mol. The van der Waals surface area contributed by atoms with Crippen LogP contribution in [0, 0.1) is 0 Å². The van der Waals surface area contributed by atoms with Gasteiger partial charge in [0.15, 0.2) is 0 Å². The maximum atomic E-state index is 6.19. The van der Waals surface area contributed by atoms with Crippen molar-refractivity contribution < 1.29 is 0 Å². The average Bonchev–Trinajstić information content (AvgIpc) is 2.60. The minimum Gasteiger partial charge on any atom is -0.384 e. The second kappa shape index (κ2) is 14.6. The fourth-order valence-electron chi connectivity index (χ4n) is 2.99. The molecule has 0 amide bonds. The number of unbranched alkanes of at least 4 members (excludes halogenated alkanes) is 6. The highest BCUT2D eigenvalue weighted by Crippen LogP contribution is 2.20. The molecule has 0 saturated carbocycles. The molecule has 1 N–H and O–H groups in total.